The molecule has 0 aliphatic carbocycles. The molecule has 188 valence electrons. The second kappa shape index (κ2) is 14.9. The number of hydrogen-bond donors (Lipinski definition) is 4. The van der Waals surface area contributed by atoms with Gasteiger partial charge in [-0.05, 0) is 82.4 Å². The number of rotatable bonds is 16. The van der Waals surface area contributed by atoms with Crippen LogP contribution in [0.5, 0.6) is 0 Å². The van der Waals surface area contributed by atoms with Gasteiger partial charge in [-0.15, -0.1) is 0 Å². The van der Waals surface area contributed by atoms with E-state index in [1.807, 2.05) is 24.5 Å². The van der Waals surface area contributed by atoms with Crippen molar-refractivity contribution in [2.24, 2.45) is 0 Å². The highest BCUT2D eigenvalue weighted by Crippen LogP contribution is 2.14. The van der Waals surface area contributed by atoms with Crippen LogP contribution in [0.3, 0.4) is 0 Å². The Morgan fingerprint density at radius 3 is 2.59 bits per heavy atom. The van der Waals surface area contributed by atoms with Gasteiger partial charge in [0.1, 0.15) is 5.82 Å². The van der Waals surface area contributed by atoms with E-state index in [0.717, 1.165) is 56.8 Å². The minimum atomic E-state index is 0.0179. The topological polar surface area (TPSA) is 85.1 Å². The van der Waals surface area contributed by atoms with Gasteiger partial charge in [0.2, 0.25) is 0 Å². The molecule has 1 saturated heterocycles. The van der Waals surface area contributed by atoms with E-state index in [0.29, 0.717) is 12.1 Å². The molecule has 0 radical (unpaired) electrons. The number of nitrogens with zero attached hydrogens (tertiary/aromatic N) is 2. The van der Waals surface area contributed by atoms with Crippen LogP contribution in [0.1, 0.15) is 74.1 Å². The lowest BCUT2D eigenvalue weighted by molar-refractivity contribution is 0.0952. The van der Waals surface area contributed by atoms with Crippen LogP contribution >= 0.6 is 0 Å². The summed E-state index contributed by atoms with van der Waals surface area (Å²) in [5.74, 6) is 1.03. The molecule has 2 atom stereocenters. The fourth-order valence-corrected chi connectivity index (χ4v) is 4.78. The summed E-state index contributed by atoms with van der Waals surface area (Å²) in [6.07, 6.45) is 11.5. The molecule has 1 amide bonds. The zero-order valence-corrected chi connectivity index (χ0v) is 21.1. The monoisotopic (exact) mass is 468 g/mol. The Morgan fingerprint density at radius 1 is 1.15 bits per heavy atom. The number of unbranched alkanes of at least 4 members (excludes halogenated alkanes) is 1. The van der Waals surface area contributed by atoms with E-state index in [1.165, 1.54) is 44.3 Å². The molecular formula is C27H44N6O. The van der Waals surface area contributed by atoms with E-state index in [2.05, 4.69) is 56.8 Å². The van der Waals surface area contributed by atoms with E-state index in [-0.39, 0.29) is 5.91 Å². The Hall–Kier alpha value is -2.22. The second-order valence-corrected chi connectivity index (χ2v) is 9.43. The van der Waals surface area contributed by atoms with Crippen molar-refractivity contribution < 1.29 is 4.79 Å². The van der Waals surface area contributed by atoms with Crippen LogP contribution in [0.4, 0.5) is 0 Å². The standard InChI is InChI=1S/C27H44N6O/c1-3-17-33(18-4-2)19-6-5-13-31-27(34)23-11-9-22(10-12-23)21-32-25(24-8-7-14-28-24)20-26-29-15-16-30-26/h9-12,15-16,24-25,28,32H,3-8,13-14,17-21H2,1-2H3,(H,29,30)(H,31,34)/t24-,25?/m1/s1. The van der Waals surface area contributed by atoms with Gasteiger partial charge < -0.3 is 25.8 Å². The summed E-state index contributed by atoms with van der Waals surface area (Å²) >= 11 is 0. The van der Waals surface area contributed by atoms with E-state index in [9.17, 15) is 4.79 Å². The highest BCUT2D eigenvalue weighted by Gasteiger charge is 2.25. The van der Waals surface area contributed by atoms with Crippen LogP contribution in [-0.2, 0) is 13.0 Å². The van der Waals surface area contributed by atoms with Crippen molar-refractivity contribution in [1.82, 2.24) is 30.8 Å². The number of carbonyl (C=O) groups is 1. The molecule has 1 aromatic carbocycles. The zero-order valence-electron chi connectivity index (χ0n) is 21.1. The number of benzene rings is 1. The Balaban J connectivity index is 1.39. The van der Waals surface area contributed by atoms with Crippen molar-refractivity contribution in [3.05, 3.63) is 53.6 Å². The van der Waals surface area contributed by atoms with Crippen LogP contribution in [0.2, 0.25) is 0 Å². The van der Waals surface area contributed by atoms with Gasteiger partial charge in [0.15, 0.2) is 0 Å². The van der Waals surface area contributed by atoms with Crippen molar-refractivity contribution in [1.29, 1.82) is 0 Å². The maximum atomic E-state index is 12.5. The summed E-state index contributed by atoms with van der Waals surface area (Å²) in [6, 6.07) is 8.77. The Kier molecular flexibility index (Phi) is 11.6. The van der Waals surface area contributed by atoms with Crippen molar-refractivity contribution >= 4 is 5.91 Å². The molecule has 0 saturated carbocycles. The molecular weight excluding hydrogens is 424 g/mol. The van der Waals surface area contributed by atoms with Gasteiger partial charge in [0.25, 0.3) is 5.91 Å². The molecule has 2 heterocycles. The Morgan fingerprint density at radius 2 is 1.94 bits per heavy atom. The quantitative estimate of drug-likeness (QED) is 0.283. The number of imidazole rings is 1. The average Bonchev–Trinajstić information content (AvgIpc) is 3.56. The zero-order chi connectivity index (χ0) is 24.0. The third-order valence-electron chi connectivity index (χ3n) is 6.60. The number of aromatic amines is 1. The predicted molar refractivity (Wildman–Crippen MR) is 139 cm³/mol. The third-order valence-corrected chi connectivity index (χ3v) is 6.60. The summed E-state index contributed by atoms with van der Waals surface area (Å²) < 4.78 is 0. The van der Waals surface area contributed by atoms with Crippen molar-refractivity contribution in [2.45, 2.75) is 77.4 Å². The fraction of sp³-hybridized carbons (Fsp3) is 0.630. The first-order chi connectivity index (χ1) is 16.7. The molecule has 0 bridgehead atoms. The summed E-state index contributed by atoms with van der Waals surface area (Å²) in [4.78, 5) is 22.7. The molecule has 3 rings (SSSR count). The lowest BCUT2D eigenvalue weighted by Gasteiger charge is -2.24. The second-order valence-electron chi connectivity index (χ2n) is 9.43. The molecule has 2 aromatic rings. The molecule has 7 heteroatoms. The molecule has 1 aromatic heterocycles. The normalized spacial score (nSPS) is 16.7. The van der Waals surface area contributed by atoms with Crippen molar-refractivity contribution in [3.8, 4) is 0 Å². The molecule has 0 spiro atoms. The van der Waals surface area contributed by atoms with Gasteiger partial charge in [-0.2, -0.15) is 0 Å². The first kappa shape index (κ1) is 26.4. The average molecular weight is 469 g/mol. The maximum absolute atomic E-state index is 12.5. The maximum Gasteiger partial charge on any atom is 0.251 e. The highest BCUT2D eigenvalue weighted by molar-refractivity contribution is 5.94. The molecule has 4 N–H and O–H groups in total. The van der Waals surface area contributed by atoms with Crippen LogP contribution < -0.4 is 16.0 Å². The summed E-state index contributed by atoms with van der Waals surface area (Å²) in [7, 11) is 0. The highest BCUT2D eigenvalue weighted by atomic mass is 16.1. The molecule has 34 heavy (non-hydrogen) atoms. The van der Waals surface area contributed by atoms with Gasteiger partial charge >= 0.3 is 0 Å². The van der Waals surface area contributed by atoms with Crippen molar-refractivity contribution in [3.63, 3.8) is 0 Å². The van der Waals surface area contributed by atoms with Crippen LogP contribution in [-0.4, -0.2) is 65.6 Å². The van der Waals surface area contributed by atoms with Gasteiger partial charge in [0.05, 0.1) is 0 Å². The number of aromatic nitrogens is 2. The minimum Gasteiger partial charge on any atom is -0.352 e. The van der Waals surface area contributed by atoms with E-state index >= 15 is 0 Å². The summed E-state index contributed by atoms with van der Waals surface area (Å²) in [5, 5.41) is 10.4. The first-order valence-electron chi connectivity index (χ1n) is 13.2. The predicted octanol–water partition coefficient (Wildman–Crippen LogP) is 3.49. The Labute approximate surface area is 205 Å². The van der Waals surface area contributed by atoms with E-state index in [4.69, 9.17) is 0 Å². The Bertz CT molecular complexity index is 795. The molecule has 1 aliphatic heterocycles. The molecule has 1 unspecified atom stereocenters. The SMILES string of the molecule is CCCN(CCC)CCCCNC(=O)c1ccc(CNC(Cc2ncc[nH]2)[C@H]2CCCN2)cc1. The van der Waals surface area contributed by atoms with E-state index < -0.39 is 0 Å². The number of hydrogen-bond acceptors (Lipinski definition) is 5. The van der Waals surface area contributed by atoms with E-state index in [1.54, 1.807) is 0 Å². The first-order valence-corrected chi connectivity index (χ1v) is 13.2. The fourth-order valence-electron chi connectivity index (χ4n) is 4.78. The van der Waals surface area contributed by atoms with Crippen LogP contribution in [0.25, 0.3) is 0 Å². The van der Waals surface area contributed by atoms with Crippen molar-refractivity contribution in [2.75, 3.05) is 32.7 Å². The number of amides is 1. The van der Waals surface area contributed by atoms with Crippen LogP contribution in [0.15, 0.2) is 36.7 Å². The lowest BCUT2D eigenvalue weighted by atomic mass is 10.0. The van der Waals surface area contributed by atoms with Gasteiger partial charge in [-0.1, -0.05) is 26.0 Å². The summed E-state index contributed by atoms with van der Waals surface area (Å²) in [6.45, 7) is 10.5. The molecule has 1 fully saturated rings. The molecule has 7 nitrogen and oxygen atoms in total. The smallest absolute Gasteiger partial charge is 0.251 e. The third kappa shape index (κ3) is 8.85. The lowest BCUT2D eigenvalue weighted by Crippen LogP contribution is -2.46. The number of nitrogens with one attached hydrogen (secondary N) is 4. The largest absolute Gasteiger partial charge is 0.352 e. The van der Waals surface area contributed by atoms with Gasteiger partial charge in [0, 0.05) is 49.6 Å². The summed E-state index contributed by atoms with van der Waals surface area (Å²) in [5.41, 5.74) is 1.91. The number of carbonyl (C=O) groups excluding carboxylic acids is 1. The molecule has 1 aliphatic rings. The van der Waals surface area contributed by atoms with Crippen LogP contribution in [0, 0.1) is 0 Å². The van der Waals surface area contributed by atoms with Gasteiger partial charge in [-0.25, -0.2) is 4.98 Å². The number of H-pyrrole nitrogens is 1. The van der Waals surface area contributed by atoms with Gasteiger partial charge in [-0.3, -0.25) is 4.79 Å². The minimum absolute atomic E-state index is 0.0179.